The molecule has 2 rings (SSSR count). The van der Waals surface area contributed by atoms with Crippen molar-refractivity contribution in [2.24, 2.45) is 0 Å². The van der Waals surface area contributed by atoms with Crippen molar-refractivity contribution < 1.29 is 4.79 Å². The van der Waals surface area contributed by atoms with Gasteiger partial charge in [0.2, 0.25) is 0 Å². The van der Waals surface area contributed by atoms with Gasteiger partial charge in [-0.15, -0.1) is 0 Å². The topological polar surface area (TPSA) is 33.2 Å². The number of amides is 1. The van der Waals surface area contributed by atoms with Crippen LogP contribution in [0.2, 0.25) is 0 Å². The molecule has 1 aromatic carbocycles. The van der Waals surface area contributed by atoms with Gasteiger partial charge in [0, 0.05) is 35.2 Å². The molecular weight excluding hydrogens is 292 g/mol. The fourth-order valence-corrected chi connectivity index (χ4v) is 1.90. The van der Waals surface area contributed by atoms with Crippen LogP contribution in [0.15, 0.2) is 47.2 Å². The van der Waals surface area contributed by atoms with Crippen molar-refractivity contribution >= 4 is 27.5 Å². The Morgan fingerprint density at radius 3 is 2.50 bits per heavy atom. The first-order valence-corrected chi connectivity index (χ1v) is 6.33. The molecule has 2 aromatic rings. The van der Waals surface area contributed by atoms with E-state index in [0.29, 0.717) is 5.56 Å². The lowest BCUT2D eigenvalue weighted by molar-refractivity contribution is 0.0993. The predicted octanol–water partition coefficient (Wildman–Crippen LogP) is 3.43. The Kier molecular flexibility index (Phi) is 3.77. The van der Waals surface area contributed by atoms with E-state index in [2.05, 4.69) is 20.9 Å². The number of hydrogen-bond donors (Lipinski definition) is 0. The summed E-state index contributed by atoms with van der Waals surface area (Å²) in [5.74, 6) is -0.0307. The molecule has 0 aliphatic heterocycles. The van der Waals surface area contributed by atoms with Crippen LogP contribution in [0.25, 0.3) is 0 Å². The Bertz CT molecular complexity index is 569. The lowest BCUT2D eigenvalue weighted by Gasteiger charge is -2.17. The van der Waals surface area contributed by atoms with Crippen molar-refractivity contribution in [3.63, 3.8) is 0 Å². The Morgan fingerprint density at radius 1 is 1.22 bits per heavy atom. The van der Waals surface area contributed by atoms with Crippen LogP contribution in [0.4, 0.5) is 5.69 Å². The molecule has 0 bridgehead atoms. The Morgan fingerprint density at radius 2 is 1.89 bits per heavy atom. The highest BCUT2D eigenvalue weighted by molar-refractivity contribution is 9.10. The number of aryl methyl sites for hydroxylation is 1. The highest BCUT2D eigenvalue weighted by Gasteiger charge is 2.13. The van der Waals surface area contributed by atoms with Gasteiger partial charge in [0.25, 0.3) is 5.91 Å². The zero-order chi connectivity index (χ0) is 13.1. The third kappa shape index (κ3) is 2.59. The van der Waals surface area contributed by atoms with Gasteiger partial charge in [0.1, 0.15) is 0 Å². The van der Waals surface area contributed by atoms with Crippen LogP contribution in [0, 0.1) is 6.92 Å². The first-order chi connectivity index (χ1) is 8.59. The van der Waals surface area contributed by atoms with Crippen molar-refractivity contribution in [2.45, 2.75) is 6.92 Å². The van der Waals surface area contributed by atoms with E-state index in [1.807, 2.05) is 37.3 Å². The molecule has 0 spiro atoms. The second-order valence-corrected chi connectivity index (χ2v) is 4.89. The van der Waals surface area contributed by atoms with Crippen molar-refractivity contribution in [3.8, 4) is 0 Å². The molecule has 1 amide bonds. The summed E-state index contributed by atoms with van der Waals surface area (Å²) in [5.41, 5.74) is 2.55. The average molecular weight is 305 g/mol. The summed E-state index contributed by atoms with van der Waals surface area (Å²) in [5, 5.41) is 0. The van der Waals surface area contributed by atoms with E-state index in [-0.39, 0.29) is 5.91 Å². The molecule has 0 atom stereocenters. The van der Waals surface area contributed by atoms with Crippen LogP contribution in [0.1, 0.15) is 15.9 Å². The van der Waals surface area contributed by atoms with Crippen LogP contribution in [-0.2, 0) is 0 Å². The third-order valence-electron chi connectivity index (χ3n) is 2.76. The summed E-state index contributed by atoms with van der Waals surface area (Å²) in [6, 6.07) is 9.21. The number of halogens is 1. The van der Waals surface area contributed by atoms with Gasteiger partial charge in [-0.2, -0.15) is 0 Å². The Balaban J connectivity index is 2.29. The lowest BCUT2D eigenvalue weighted by Crippen LogP contribution is -2.26. The van der Waals surface area contributed by atoms with Crippen molar-refractivity contribution in [3.05, 3.63) is 58.3 Å². The van der Waals surface area contributed by atoms with Crippen molar-refractivity contribution in [2.75, 3.05) is 11.9 Å². The first-order valence-electron chi connectivity index (χ1n) is 5.54. The van der Waals surface area contributed by atoms with Gasteiger partial charge < -0.3 is 4.90 Å². The molecule has 0 N–H and O–H groups in total. The number of rotatable bonds is 2. The van der Waals surface area contributed by atoms with Gasteiger partial charge in [-0.25, -0.2) is 0 Å². The molecule has 0 unspecified atom stereocenters. The van der Waals surface area contributed by atoms with E-state index < -0.39 is 0 Å². The van der Waals surface area contributed by atoms with Crippen LogP contribution in [-0.4, -0.2) is 17.9 Å². The molecule has 0 fully saturated rings. The minimum atomic E-state index is -0.0307. The van der Waals surface area contributed by atoms with Gasteiger partial charge in [0.05, 0.1) is 0 Å². The van der Waals surface area contributed by atoms with Gasteiger partial charge >= 0.3 is 0 Å². The molecule has 0 aliphatic carbocycles. The lowest BCUT2D eigenvalue weighted by atomic mass is 10.1. The summed E-state index contributed by atoms with van der Waals surface area (Å²) < 4.78 is 1.01. The molecule has 0 radical (unpaired) electrons. The van der Waals surface area contributed by atoms with Crippen LogP contribution in [0.3, 0.4) is 0 Å². The number of hydrogen-bond acceptors (Lipinski definition) is 2. The second-order valence-electron chi connectivity index (χ2n) is 4.03. The molecule has 1 aromatic heterocycles. The fourth-order valence-electron chi connectivity index (χ4n) is 1.66. The number of benzene rings is 1. The smallest absolute Gasteiger partial charge is 0.258 e. The quantitative estimate of drug-likeness (QED) is 0.851. The van der Waals surface area contributed by atoms with E-state index in [1.54, 1.807) is 24.3 Å². The van der Waals surface area contributed by atoms with Crippen LogP contribution in [0.5, 0.6) is 0 Å². The number of carbonyl (C=O) groups is 1. The number of nitrogens with zero attached hydrogens (tertiary/aromatic N) is 2. The normalized spacial score (nSPS) is 10.2. The summed E-state index contributed by atoms with van der Waals surface area (Å²) in [6.07, 6.45) is 3.35. The fraction of sp³-hybridized carbons (Fsp3) is 0.143. The van der Waals surface area contributed by atoms with Crippen LogP contribution >= 0.6 is 15.9 Å². The standard InChI is InChI=1S/C14H13BrN2O/c1-10-9-11(3-4-13(10)15)14(18)17(2)12-5-7-16-8-6-12/h3-9H,1-2H3. The van der Waals surface area contributed by atoms with Crippen molar-refractivity contribution in [1.29, 1.82) is 0 Å². The first kappa shape index (κ1) is 12.8. The zero-order valence-corrected chi connectivity index (χ0v) is 11.8. The van der Waals surface area contributed by atoms with E-state index in [9.17, 15) is 4.79 Å². The van der Waals surface area contributed by atoms with E-state index in [1.165, 1.54) is 0 Å². The van der Waals surface area contributed by atoms with E-state index in [0.717, 1.165) is 15.7 Å². The van der Waals surface area contributed by atoms with E-state index in [4.69, 9.17) is 0 Å². The maximum atomic E-state index is 12.3. The summed E-state index contributed by atoms with van der Waals surface area (Å²) in [4.78, 5) is 17.9. The minimum absolute atomic E-state index is 0.0307. The number of aromatic nitrogens is 1. The second kappa shape index (κ2) is 5.31. The molecule has 1 heterocycles. The minimum Gasteiger partial charge on any atom is -0.311 e. The number of pyridine rings is 1. The Hall–Kier alpha value is -1.68. The largest absolute Gasteiger partial charge is 0.311 e. The maximum Gasteiger partial charge on any atom is 0.258 e. The average Bonchev–Trinajstić information content (AvgIpc) is 2.41. The SMILES string of the molecule is Cc1cc(C(=O)N(C)c2ccncc2)ccc1Br. The van der Waals surface area contributed by atoms with Crippen molar-refractivity contribution in [1.82, 2.24) is 4.98 Å². The Labute approximate surface area is 115 Å². The van der Waals surface area contributed by atoms with Gasteiger partial charge in [-0.05, 0) is 42.8 Å². The molecule has 0 saturated carbocycles. The number of anilines is 1. The van der Waals surface area contributed by atoms with Gasteiger partial charge in [-0.3, -0.25) is 9.78 Å². The number of carbonyl (C=O) groups excluding carboxylic acids is 1. The summed E-state index contributed by atoms with van der Waals surface area (Å²) in [7, 11) is 1.76. The predicted molar refractivity (Wildman–Crippen MR) is 75.8 cm³/mol. The van der Waals surface area contributed by atoms with E-state index >= 15 is 0 Å². The highest BCUT2D eigenvalue weighted by Crippen LogP contribution is 2.19. The molecule has 92 valence electrons. The summed E-state index contributed by atoms with van der Waals surface area (Å²) in [6.45, 7) is 1.97. The van der Waals surface area contributed by atoms with Gasteiger partial charge in [-0.1, -0.05) is 15.9 Å². The molecule has 0 aliphatic rings. The molecule has 18 heavy (non-hydrogen) atoms. The molecule has 0 saturated heterocycles. The van der Waals surface area contributed by atoms with Gasteiger partial charge in [0.15, 0.2) is 0 Å². The molecular formula is C14H13BrN2O. The third-order valence-corrected chi connectivity index (χ3v) is 3.65. The maximum absolute atomic E-state index is 12.3. The highest BCUT2D eigenvalue weighted by atomic mass is 79.9. The monoisotopic (exact) mass is 304 g/mol. The zero-order valence-electron chi connectivity index (χ0n) is 10.2. The van der Waals surface area contributed by atoms with Crippen LogP contribution < -0.4 is 4.90 Å². The summed E-state index contributed by atoms with van der Waals surface area (Å²) >= 11 is 3.43. The molecule has 3 nitrogen and oxygen atoms in total. The molecule has 4 heteroatoms.